The van der Waals surface area contributed by atoms with Gasteiger partial charge in [-0.25, -0.2) is 4.79 Å². The average Bonchev–Trinajstić information content (AvgIpc) is 2.72. The van der Waals surface area contributed by atoms with E-state index in [2.05, 4.69) is 17.0 Å². The number of nitrogens with zero attached hydrogens (tertiary/aromatic N) is 2. The molecule has 0 unspecified atom stereocenters. The van der Waals surface area contributed by atoms with Crippen LogP contribution in [0, 0.1) is 0 Å². The second-order valence-corrected chi connectivity index (χ2v) is 6.42. The van der Waals surface area contributed by atoms with E-state index in [1.807, 2.05) is 24.3 Å². The van der Waals surface area contributed by atoms with Gasteiger partial charge in [0.1, 0.15) is 11.3 Å². The van der Waals surface area contributed by atoms with E-state index in [1.165, 1.54) is 11.8 Å². The fourth-order valence-corrected chi connectivity index (χ4v) is 3.28. The first-order valence-corrected chi connectivity index (χ1v) is 8.94. The third-order valence-corrected chi connectivity index (χ3v) is 4.72. The van der Waals surface area contributed by atoms with Crippen molar-refractivity contribution in [2.75, 3.05) is 37.7 Å². The highest BCUT2D eigenvalue weighted by molar-refractivity contribution is 5.84. The topological polar surface area (TPSA) is 63.0 Å². The van der Waals surface area contributed by atoms with Crippen molar-refractivity contribution < 1.29 is 13.9 Å². The molecule has 6 nitrogen and oxygen atoms in total. The molecule has 27 heavy (non-hydrogen) atoms. The molecule has 0 saturated carbocycles. The average molecular weight is 364 g/mol. The fraction of sp³-hybridized carbons (Fsp3) is 0.238. The molecule has 2 heterocycles. The lowest BCUT2D eigenvalue weighted by molar-refractivity contribution is -0.133. The number of carbonyl (C=O) groups is 1. The summed E-state index contributed by atoms with van der Waals surface area (Å²) >= 11 is 0. The standard InChI is InChI=1S/C21H20N2O4/c24-20(23-12-10-22(11-13-23)16-6-2-1-3-7-16)15-26-19-14-21(25)27-18-9-5-4-8-17(18)19/h1-9,14H,10-13,15H2. The van der Waals surface area contributed by atoms with Crippen LogP contribution in [0.25, 0.3) is 11.0 Å². The Morgan fingerprint density at radius 3 is 2.44 bits per heavy atom. The van der Waals surface area contributed by atoms with E-state index in [0.717, 1.165) is 13.1 Å². The van der Waals surface area contributed by atoms with Crippen LogP contribution in [0.1, 0.15) is 0 Å². The summed E-state index contributed by atoms with van der Waals surface area (Å²) in [6.45, 7) is 2.77. The van der Waals surface area contributed by atoms with Gasteiger partial charge in [0.15, 0.2) is 6.61 Å². The summed E-state index contributed by atoms with van der Waals surface area (Å²) < 4.78 is 10.8. The minimum Gasteiger partial charge on any atom is -0.483 e. The van der Waals surface area contributed by atoms with Gasteiger partial charge in [-0.05, 0) is 24.3 Å². The predicted molar refractivity (Wildman–Crippen MR) is 103 cm³/mol. The number of benzene rings is 2. The molecule has 6 heteroatoms. The number of piperazine rings is 1. The molecule has 2 aromatic carbocycles. The Balaban J connectivity index is 1.38. The van der Waals surface area contributed by atoms with Crippen LogP contribution < -0.4 is 15.3 Å². The van der Waals surface area contributed by atoms with E-state index >= 15 is 0 Å². The lowest BCUT2D eigenvalue weighted by Crippen LogP contribution is -2.50. The van der Waals surface area contributed by atoms with Gasteiger partial charge in [0, 0.05) is 31.9 Å². The van der Waals surface area contributed by atoms with Gasteiger partial charge in [0.25, 0.3) is 5.91 Å². The molecule has 1 aromatic heterocycles. The zero-order valence-electron chi connectivity index (χ0n) is 14.8. The van der Waals surface area contributed by atoms with Gasteiger partial charge < -0.3 is 19.0 Å². The Bertz CT molecular complexity index is 992. The summed E-state index contributed by atoms with van der Waals surface area (Å²) in [5.74, 6) is 0.290. The Labute approximate surface area is 156 Å². The first-order chi connectivity index (χ1) is 13.2. The van der Waals surface area contributed by atoms with E-state index in [0.29, 0.717) is 29.8 Å². The highest BCUT2D eigenvalue weighted by atomic mass is 16.5. The van der Waals surface area contributed by atoms with Gasteiger partial charge >= 0.3 is 5.63 Å². The van der Waals surface area contributed by atoms with Crippen molar-refractivity contribution in [3.63, 3.8) is 0 Å². The van der Waals surface area contributed by atoms with Crippen molar-refractivity contribution in [1.29, 1.82) is 0 Å². The zero-order valence-corrected chi connectivity index (χ0v) is 14.8. The maximum Gasteiger partial charge on any atom is 0.339 e. The monoisotopic (exact) mass is 364 g/mol. The first-order valence-electron chi connectivity index (χ1n) is 8.94. The maximum atomic E-state index is 12.5. The number of ether oxygens (including phenoxy) is 1. The molecule has 1 saturated heterocycles. The molecule has 0 spiro atoms. The third-order valence-electron chi connectivity index (χ3n) is 4.72. The Morgan fingerprint density at radius 2 is 1.67 bits per heavy atom. The van der Waals surface area contributed by atoms with Gasteiger partial charge in [0.2, 0.25) is 0 Å². The molecule has 0 aliphatic carbocycles. The van der Waals surface area contributed by atoms with Gasteiger partial charge in [0.05, 0.1) is 11.5 Å². The molecule has 1 aliphatic heterocycles. The van der Waals surface area contributed by atoms with Crippen molar-refractivity contribution in [1.82, 2.24) is 4.90 Å². The van der Waals surface area contributed by atoms with Gasteiger partial charge in [-0.15, -0.1) is 0 Å². The summed E-state index contributed by atoms with van der Waals surface area (Å²) in [5.41, 5.74) is 1.12. The highest BCUT2D eigenvalue weighted by Crippen LogP contribution is 2.23. The summed E-state index contributed by atoms with van der Waals surface area (Å²) in [5, 5.41) is 0.679. The summed E-state index contributed by atoms with van der Waals surface area (Å²) in [6, 6.07) is 18.6. The van der Waals surface area contributed by atoms with E-state index in [9.17, 15) is 9.59 Å². The molecule has 0 atom stereocenters. The third kappa shape index (κ3) is 3.79. The lowest BCUT2D eigenvalue weighted by atomic mass is 10.2. The van der Waals surface area contributed by atoms with Crippen LogP contribution in [-0.2, 0) is 4.79 Å². The molecule has 1 aliphatic rings. The smallest absolute Gasteiger partial charge is 0.339 e. The Hall–Kier alpha value is -3.28. The second-order valence-electron chi connectivity index (χ2n) is 6.42. The second kappa shape index (κ2) is 7.53. The fourth-order valence-electron chi connectivity index (χ4n) is 3.28. The SMILES string of the molecule is O=C(COc1cc(=O)oc2ccccc12)N1CCN(c2ccccc2)CC1. The van der Waals surface area contributed by atoms with E-state index < -0.39 is 5.63 Å². The number of hydrogen-bond donors (Lipinski definition) is 0. The van der Waals surface area contributed by atoms with Crippen LogP contribution in [0.3, 0.4) is 0 Å². The number of fused-ring (bicyclic) bond motifs is 1. The largest absolute Gasteiger partial charge is 0.483 e. The molecule has 3 aromatic rings. The molecule has 1 fully saturated rings. The summed E-state index contributed by atoms with van der Waals surface area (Å²) in [4.78, 5) is 28.3. The minimum atomic E-state index is -0.493. The number of rotatable bonds is 4. The quantitative estimate of drug-likeness (QED) is 0.666. The molecule has 0 N–H and O–H groups in total. The van der Waals surface area contributed by atoms with Crippen LogP contribution in [0.5, 0.6) is 5.75 Å². The van der Waals surface area contributed by atoms with Gasteiger partial charge in [-0.1, -0.05) is 30.3 Å². The van der Waals surface area contributed by atoms with Gasteiger partial charge in [-0.3, -0.25) is 4.79 Å². The van der Waals surface area contributed by atoms with Gasteiger partial charge in [-0.2, -0.15) is 0 Å². The van der Waals surface area contributed by atoms with Crippen LogP contribution in [0.15, 0.2) is 69.9 Å². The van der Waals surface area contributed by atoms with Crippen molar-refractivity contribution in [2.45, 2.75) is 0 Å². The normalized spacial score (nSPS) is 14.4. The number of anilines is 1. The van der Waals surface area contributed by atoms with E-state index in [1.54, 1.807) is 23.1 Å². The van der Waals surface area contributed by atoms with Crippen molar-refractivity contribution >= 4 is 22.6 Å². The summed E-state index contributed by atoms with van der Waals surface area (Å²) in [7, 11) is 0. The van der Waals surface area contributed by atoms with Crippen molar-refractivity contribution in [3.05, 3.63) is 71.1 Å². The Kier molecular flexibility index (Phi) is 4.78. The van der Waals surface area contributed by atoms with E-state index in [4.69, 9.17) is 9.15 Å². The molecule has 138 valence electrons. The molecular formula is C21H20N2O4. The zero-order chi connectivity index (χ0) is 18.6. The molecule has 0 radical (unpaired) electrons. The number of carbonyl (C=O) groups excluding carboxylic acids is 1. The van der Waals surface area contributed by atoms with Crippen LogP contribution in [-0.4, -0.2) is 43.6 Å². The number of para-hydroxylation sites is 2. The first kappa shape index (κ1) is 17.1. The predicted octanol–water partition coefficient (Wildman–Crippen LogP) is 2.52. The van der Waals surface area contributed by atoms with Crippen LogP contribution in [0.4, 0.5) is 5.69 Å². The molecule has 1 amide bonds. The number of amides is 1. The highest BCUT2D eigenvalue weighted by Gasteiger charge is 2.21. The maximum absolute atomic E-state index is 12.5. The minimum absolute atomic E-state index is 0.0833. The van der Waals surface area contributed by atoms with Crippen molar-refractivity contribution in [3.8, 4) is 5.75 Å². The van der Waals surface area contributed by atoms with Crippen LogP contribution in [0.2, 0.25) is 0 Å². The Morgan fingerprint density at radius 1 is 0.963 bits per heavy atom. The molecular weight excluding hydrogens is 344 g/mol. The number of hydrogen-bond acceptors (Lipinski definition) is 5. The molecule has 0 bridgehead atoms. The van der Waals surface area contributed by atoms with Crippen LogP contribution >= 0.6 is 0 Å². The van der Waals surface area contributed by atoms with E-state index in [-0.39, 0.29) is 12.5 Å². The molecule has 4 rings (SSSR count). The van der Waals surface area contributed by atoms with Crippen molar-refractivity contribution in [2.24, 2.45) is 0 Å². The lowest BCUT2D eigenvalue weighted by Gasteiger charge is -2.36. The summed E-state index contributed by atoms with van der Waals surface area (Å²) in [6.07, 6.45) is 0.